The highest BCUT2D eigenvalue weighted by molar-refractivity contribution is 5.03. The molecule has 4 unspecified atom stereocenters. The molecule has 0 aromatic rings. The van der Waals surface area contributed by atoms with Gasteiger partial charge in [0.05, 0.1) is 6.10 Å². The van der Waals surface area contributed by atoms with E-state index in [1.165, 1.54) is 12.8 Å². The van der Waals surface area contributed by atoms with Crippen LogP contribution >= 0.6 is 0 Å². The van der Waals surface area contributed by atoms with Crippen LogP contribution in [0.3, 0.4) is 0 Å². The highest BCUT2D eigenvalue weighted by atomic mass is 16.5. The fourth-order valence-electron chi connectivity index (χ4n) is 2.45. The second kappa shape index (κ2) is 5.31. The van der Waals surface area contributed by atoms with Crippen LogP contribution in [0.2, 0.25) is 0 Å². The average Bonchev–Trinajstić information content (AvgIpc) is 2.23. The van der Waals surface area contributed by atoms with Crippen molar-refractivity contribution in [2.75, 3.05) is 6.61 Å². The molecule has 0 amide bonds. The number of hydrogen-bond acceptors (Lipinski definition) is 2. The van der Waals surface area contributed by atoms with Gasteiger partial charge in [-0.15, -0.1) is 0 Å². The van der Waals surface area contributed by atoms with E-state index in [9.17, 15) is 0 Å². The standard InChI is InChI=1S/C13H27NO/c1-5-7-10(3)9-15-12-8-11(14)13(12,4)6-2/h10-12H,5-9,14H2,1-4H3. The van der Waals surface area contributed by atoms with Crippen LogP contribution in [0, 0.1) is 11.3 Å². The van der Waals surface area contributed by atoms with Crippen LogP contribution in [-0.2, 0) is 4.74 Å². The normalized spacial score (nSPS) is 37.4. The molecule has 1 saturated carbocycles. The summed E-state index contributed by atoms with van der Waals surface area (Å²) in [6.07, 6.45) is 5.09. The summed E-state index contributed by atoms with van der Waals surface area (Å²) in [4.78, 5) is 0. The van der Waals surface area contributed by atoms with Crippen LogP contribution in [0.1, 0.15) is 53.4 Å². The summed E-state index contributed by atoms with van der Waals surface area (Å²) in [7, 11) is 0. The first-order valence-corrected chi connectivity index (χ1v) is 6.41. The van der Waals surface area contributed by atoms with Crippen molar-refractivity contribution in [3.8, 4) is 0 Å². The molecule has 0 aromatic carbocycles. The third-order valence-corrected chi connectivity index (χ3v) is 4.18. The molecule has 4 atom stereocenters. The molecule has 0 bridgehead atoms. The zero-order valence-corrected chi connectivity index (χ0v) is 10.8. The van der Waals surface area contributed by atoms with Gasteiger partial charge in [-0.05, 0) is 25.2 Å². The van der Waals surface area contributed by atoms with E-state index in [2.05, 4.69) is 27.7 Å². The largest absolute Gasteiger partial charge is 0.377 e. The van der Waals surface area contributed by atoms with Crippen LogP contribution in [-0.4, -0.2) is 18.8 Å². The Hall–Kier alpha value is -0.0800. The topological polar surface area (TPSA) is 35.2 Å². The van der Waals surface area contributed by atoms with Crippen molar-refractivity contribution in [2.45, 2.75) is 65.5 Å². The van der Waals surface area contributed by atoms with Crippen molar-refractivity contribution < 1.29 is 4.74 Å². The second-order valence-electron chi connectivity index (χ2n) is 5.42. The Morgan fingerprint density at radius 1 is 1.47 bits per heavy atom. The van der Waals surface area contributed by atoms with Gasteiger partial charge >= 0.3 is 0 Å². The fourth-order valence-corrected chi connectivity index (χ4v) is 2.45. The van der Waals surface area contributed by atoms with E-state index in [4.69, 9.17) is 10.5 Å². The molecule has 1 aliphatic rings. The maximum absolute atomic E-state index is 6.04. The monoisotopic (exact) mass is 213 g/mol. The van der Waals surface area contributed by atoms with E-state index >= 15 is 0 Å². The Kier molecular flexibility index (Phi) is 4.60. The first-order valence-electron chi connectivity index (χ1n) is 6.41. The van der Waals surface area contributed by atoms with E-state index < -0.39 is 0 Å². The molecule has 2 heteroatoms. The lowest BCUT2D eigenvalue weighted by atomic mass is 9.62. The lowest BCUT2D eigenvalue weighted by Gasteiger charge is -2.52. The molecule has 0 heterocycles. The van der Waals surface area contributed by atoms with Gasteiger partial charge in [0.2, 0.25) is 0 Å². The number of nitrogens with two attached hydrogens (primary N) is 1. The second-order valence-corrected chi connectivity index (χ2v) is 5.42. The molecule has 0 aliphatic heterocycles. The maximum atomic E-state index is 6.04. The lowest BCUT2D eigenvalue weighted by Crippen LogP contribution is -2.60. The van der Waals surface area contributed by atoms with E-state index in [1.54, 1.807) is 0 Å². The lowest BCUT2D eigenvalue weighted by molar-refractivity contribution is -0.126. The van der Waals surface area contributed by atoms with Crippen molar-refractivity contribution in [2.24, 2.45) is 17.1 Å². The van der Waals surface area contributed by atoms with Gasteiger partial charge in [-0.2, -0.15) is 0 Å². The minimum absolute atomic E-state index is 0.228. The molecule has 0 spiro atoms. The minimum atomic E-state index is 0.228. The van der Waals surface area contributed by atoms with Gasteiger partial charge in [0.15, 0.2) is 0 Å². The molecule has 0 radical (unpaired) electrons. The summed E-state index contributed by atoms with van der Waals surface area (Å²) >= 11 is 0. The Balaban J connectivity index is 2.28. The van der Waals surface area contributed by atoms with Crippen molar-refractivity contribution in [3.63, 3.8) is 0 Å². The van der Waals surface area contributed by atoms with Crippen LogP contribution in [0.5, 0.6) is 0 Å². The molecule has 2 N–H and O–H groups in total. The van der Waals surface area contributed by atoms with E-state index in [0.29, 0.717) is 18.1 Å². The van der Waals surface area contributed by atoms with Crippen LogP contribution in [0.25, 0.3) is 0 Å². The van der Waals surface area contributed by atoms with Gasteiger partial charge in [-0.3, -0.25) is 0 Å². The summed E-state index contributed by atoms with van der Waals surface area (Å²) in [6.45, 7) is 9.87. The summed E-state index contributed by atoms with van der Waals surface area (Å²) < 4.78 is 5.99. The molecule has 1 rings (SSSR count). The van der Waals surface area contributed by atoms with Crippen LogP contribution < -0.4 is 5.73 Å². The number of hydrogen-bond donors (Lipinski definition) is 1. The van der Waals surface area contributed by atoms with Gasteiger partial charge in [0, 0.05) is 18.1 Å². The highest BCUT2D eigenvalue weighted by Crippen LogP contribution is 2.44. The predicted octanol–water partition coefficient (Wildman–Crippen LogP) is 2.96. The Labute approximate surface area is 94.6 Å². The van der Waals surface area contributed by atoms with Crippen molar-refractivity contribution in [1.29, 1.82) is 0 Å². The van der Waals surface area contributed by atoms with Gasteiger partial charge in [-0.25, -0.2) is 0 Å². The van der Waals surface area contributed by atoms with Crippen molar-refractivity contribution >= 4 is 0 Å². The third-order valence-electron chi connectivity index (χ3n) is 4.18. The van der Waals surface area contributed by atoms with Crippen molar-refractivity contribution in [1.82, 2.24) is 0 Å². The predicted molar refractivity (Wildman–Crippen MR) is 64.8 cm³/mol. The first-order chi connectivity index (χ1) is 7.04. The summed E-state index contributed by atoms with van der Waals surface area (Å²) in [6, 6.07) is 0.342. The Bertz CT molecular complexity index is 195. The number of ether oxygens (including phenoxy) is 1. The first kappa shape index (κ1) is 13.0. The SMILES string of the molecule is CCCC(C)COC1CC(N)C1(C)CC. The van der Waals surface area contributed by atoms with Gasteiger partial charge in [-0.1, -0.05) is 34.1 Å². The van der Waals surface area contributed by atoms with Crippen LogP contribution in [0.15, 0.2) is 0 Å². The molecule has 2 nitrogen and oxygen atoms in total. The van der Waals surface area contributed by atoms with Gasteiger partial charge in [0.1, 0.15) is 0 Å². The third kappa shape index (κ3) is 2.73. The summed E-state index contributed by atoms with van der Waals surface area (Å²) in [5.74, 6) is 0.688. The fraction of sp³-hybridized carbons (Fsp3) is 1.00. The molecular formula is C13H27NO. The van der Waals surface area contributed by atoms with E-state index in [1.807, 2.05) is 0 Å². The summed E-state index contributed by atoms with van der Waals surface area (Å²) in [5.41, 5.74) is 6.27. The molecule has 15 heavy (non-hydrogen) atoms. The molecule has 1 fully saturated rings. The molecule has 0 saturated heterocycles. The average molecular weight is 213 g/mol. The van der Waals surface area contributed by atoms with E-state index in [0.717, 1.165) is 19.4 Å². The number of rotatable bonds is 6. The minimum Gasteiger partial charge on any atom is -0.377 e. The zero-order valence-electron chi connectivity index (χ0n) is 10.8. The molecule has 90 valence electrons. The molecular weight excluding hydrogens is 186 g/mol. The quantitative estimate of drug-likeness (QED) is 0.736. The van der Waals surface area contributed by atoms with Gasteiger partial charge < -0.3 is 10.5 Å². The Morgan fingerprint density at radius 2 is 2.13 bits per heavy atom. The van der Waals surface area contributed by atoms with E-state index in [-0.39, 0.29) is 5.41 Å². The van der Waals surface area contributed by atoms with Gasteiger partial charge in [0.25, 0.3) is 0 Å². The maximum Gasteiger partial charge on any atom is 0.0658 e. The van der Waals surface area contributed by atoms with Crippen molar-refractivity contribution in [3.05, 3.63) is 0 Å². The van der Waals surface area contributed by atoms with Crippen LogP contribution in [0.4, 0.5) is 0 Å². The summed E-state index contributed by atoms with van der Waals surface area (Å²) in [5, 5.41) is 0. The molecule has 1 aliphatic carbocycles. The smallest absolute Gasteiger partial charge is 0.0658 e. The highest BCUT2D eigenvalue weighted by Gasteiger charge is 2.49. The zero-order chi connectivity index (χ0) is 11.5. The molecule has 0 aromatic heterocycles. The Morgan fingerprint density at radius 3 is 2.60 bits per heavy atom.